The first-order valence-electron chi connectivity index (χ1n) is 15.1. The Bertz CT molecular complexity index is 1870. The minimum atomic E-state index is -7.45. The van der Waals surface area contributed by atoms with E-state index in [9.17, 15) is 98.0 Å². The van der Waals surface area contributed by atoms with Crippen LogP contribution in [0.2, 0.25) is 0 Å². The first-order chi connectivity index (χ1) is 26.1. The molecule has 4 aromatic carbocycles. The summed E-state index contributed by atoms with van der Waals surface area (Å²) in [6, 6.07) is 0.157. The van der Waals surface area contributed by atoms with E-state index < -0.39 is 105 Å². The van der Waals surface area contributed by atoms with E-state index in [0.29, 0.717) is 24.3 Å². The Morgan fingerprint density at radius 1 is 0.300 bits per heavy atom. The summed E-state index contributed by atoms with van der Waals surface area (Å²) in [4.78, 5) is 0. The number of rotatable bonds is 11. The van der Waals surface area contributed by atoms with Gasteiger partial charge in [0.15, 0.2) is 0 Å². The number of alkyl halides is 20. The molecule has 60 heavy (non-hydrogen) atoms. The van der Waals surface area contributed by atoms with Crippen molar-refractivity contribution >= 4 is 0 Å². The molecule has 2 N–H and O–H groups in total. The molecule has 26 heteroatoms. The van der Waals surface area contributed by atoms with Gasteiger partial charge in [-0.25, -0.2) is 0 Å². The van der Waals surface area contributed by atoms with Crippen LogP contribution in [0.25, 0.3) is 0 Å². The molecule has 0 heterocycles. The maximum absolute atomic E-state index is 14.6. The maximum Gasteiger partial charge on any atom is 0.471 e. The van der Waals surface area contributed by atoms with E-state index in [0.717, 1.165) is 0 Å². The van der Waals surface area contributed by atoms with Crippen LogP contribution in [0.15, 0.2) is 97.1 Å². The summed E-state index contributed by atoms with van der Waals surface area (Å²) in [7, 11) is 0. The third kappa shape index (κ3) is 7.44. The first-order valence-corrected chi connectivity index (χ1v) is 15.1. The minimum Gasteiger partial charge on any atom is -0.508 e. The van der Waals surface area contributed by atoms with Crippen molar-refractivity contribution in [3.63, 3.8) is 0 Å². The Kier molecular flexibility index (Phi) is 12.1. The van der Waals surface area contributed by atoms with Gasteiger partial charge in [0.1, 0.15) is 23.0 Å². The summed E-state index contributed by atoms with van der Waals surface area (Å²) >= 11 is 0. The van der Waals surface area contributed by atoms with Gasteiger partial charge in [0.25, 0.3) is 0 Å². The molecule has 0 fully saturated rings. The average molecular weight is 1400 g/mol. The van der Waals surface area contributed by atoms with Crippen molar-refractivity contribution in [3.05, 3.63) is 119 Å². The Morgan fingerprint density at radius 2 is 0.483 bits per heavy atom. The standard InChI is InChI=1S/C34H18F20O4.2Rf/c35-27(36,33(51,52)57-23-13-5-19(6-14-23)25(29(39,40)41,30(42,43)44)17-1-9-21(55)10-2-17)28(37,38)34(53,54)58-24-15-7-20(8-16-24)26(31(45,46)47,32(48,49)50)18-3-11-22(56)12-4-18;;/h1-16,55-56H;;. The van der Waals surface area contributed by atoms with Crippen molar-refractivity contribution in [2.75, 3.05) is 0 Å². The van der Waals surface area contributed by atoms with Gasteiger partial charge in [-0.2, -0.15) is 87.8 Å². The van der Waals surface area contributed by atoms with Gasteiger partial charge >= 0.3 is 48.8 Å². The quantitative estimate of drug-likeness (QED) is 0.147. The molecule has 0 unspecified atom stereocenters. The number of benzene rings is 4. The van der Waals surface area contributed by atoms with Crippen LogP contribution in [0.5, 0.6) is 23.0 Å². The molecule has 0 aliphatic rings. The molecule has 0 bridgehead atoms. The van der Waals surface area contributed by atoms with Crippen molar-refractivity contribution in [1.82, 2.24) is 0 Å². The second-order valence-corrected chi connectivity index (χ2v) is 12.0. The number of hydrogen-bond acceptors (Lipinski definition) is 4. The van der Waals surface area contributed by atoms with Crippen molar-refractivity contribution in [3.8, 4) is 23.0 Å². The summed E-state index contributed by atoms with van der Waals surface area (Å²) in [5.41, 5.74) is -17.0. The van der Waals surface area contributed by atoms with Crippen LogP contribution in [-0.2, 0) is 10.8 Å². The number of phenolic OH excluding ortho intramolecular Hbond substituents is 2. The van der Waals surface area contributed by atoms with Crippen molar-refractivity contribution in [2.45, 2.75) is 59.6 Å². The number of halogens is 20. The van der Waals surface area contributed by atoms with Crippen LogP contribution in [0, 0.1) is 0 Å². The van der Waals surface area contributed by atoms with Gasteiger partial charge in [0, 0.05) is 0 Å². The smallest absolute Gasteiger partial charge is 0.471 e. The van der Waals surface area contributed by atoms with Gasteiger partial charge in [0.2, 0.25) is 10.8 Å². The zero-order valence-electron chi connectivity index (χ0n) is 28.9. The SMILES string of the molecule is Oc1ccc(C(c2ccc(OC(F)(F)C(F)(F)C(F)(F)C(F)(F)Oc3ccc(C(c4ccc(O)cc4)(C(F)(F)F)C(F)(F)F)cc3)cc2)(C(F)(F)F)C(F)(F)F)cc1.[Rf].[Rf]. The van der Waals surface area contributed by atoms with E-state index in [1.807, 2.05) is 0 Å². The second kappa shape index (κ2) is 14.8. The predicted octanol–water partition coefficient (Wildman–Crippen LogP) is 11.8. The molecular weight excluding hydrogens is 1390 g/mol. The molecule has 0 saturated carbocycles. The fourth-order valence-corrected chi connectivity index (χ4v) is 5.72. The predicted molar refractivity (Wildman–Crippen MR) is 156 cm³/mol. The summed E-state index contributed by atoms with van der Waals surface area (Å²) in [5, 5.41) is 18.6. The van der Waals surface area contributed by atoms with Gasteiger partial charge in [-0.1, -0.05) is 48.5 Å². The second-order valence-electron chi connectivity index (χ2n) is 12.0. The van der Waals surface area contributed by atoms with Gasteiger partial charge in [-0.3, -0.25) is 0 Å². The monoisotopic (exact) mass is 1400 g/mol. The van der Waals surface area contributed by atoms with Gasteiger partial charge in [0.05, 0.1) is 0 Å². The van der Waals surface area contributed by atoms with Crippen molar-refractivity contribution in [2.24, 2.45) is 0 Å². The zero-order chi connectivity index (χ0) is 44.3. The Labute approximate surface area is 309 Å². The molecule has 0 amide bonds. The molecule has 0 saturated heterocycles. The van der Waals surface area contributed by atoms with E-state index >= 15 is 0 Å². The normalized spacial score (nSPS) is 13.9. The molecule has 0 spiro atoms. The number of hydrogen-bond donors (Lipinski definition) is 2. The molecule has 0 aliphatic heterocycles. The Hall–Kier alpha value is -7.32. The minimum absolute atomic E-state index is 0. The van der Waals surface area contributed by atoms with Crippen molar-refractivity contribution in [1.29, 1.82) is 0 Å². The van der Waals surface area contributed by atoms with Crippen LogP contribution in [0.3, 0.4) is 0 Å². The van der Waals surface area contributed by atoms with Crippen LogP contribution in [-0.4, -0.2) is 59.0 Å². The van der Waals surface area contributed by atoms with Crippen LogP contribution < -0.4 is 9.47 Å². The van der Waals surface area contributed by atoms with E-state index in [1.54, 1.807) is 0 Å². The number of ether oxygens (including phenoxy) is 2. The van der Waals surface area contributed by atoms with E-state index in [2.05, 4.69) is 9.47 Å². The van der Waals surface area contributed by atoms with Crippen LogP contribution in [0.1, 0.15) is 22.3 Å². The number of phenols is 2. The topological polar surface area (TPSA) is 58.9 Å². The number of aromatic hydroxyl groups is 2. The summed E-state index contributed by atoms with van der Waals surface area (Å²) < 4.78 is 294. The fraction of sp³-hybridized carbons (Fsp3) is 0.294. The van der Waals surface area contributed by atoms with E-state index in [-0.39, 0.29) is 72.8 Å². The molecule has 0 aromatic heterocycles. The molecule has 0 aliphatic carbocycles. The summed E-state index contributed by atoms with van der Waals surface area (Å²) in [6.07, 6.45) is -39.0. The average Bonchev–Trinajstić information content (AvgIpc) is 3.05. The van der Waals surface area contributed by atoms with E-state index in [1.165, 1.54) is 0 Å². The van der Waals surface area contributed by atoms with E-state index in [4.69, 9.17) is 0 Å². The van der Waals surface area contributed by atoms with Gasteiger partial charge in [-0.15, -0.1) is 0 Å². The molecular formula is C34H18F20O4Rf2. The molecule has 322 valence electrons. The molecule has 4 nitrogen and oxygen atoms in total. The molecule has 0 radical (unpaired) electrons. The van der Waals surface area contributed by atoms with Crippen LogP contribution >= 0.6 is 0 Å². The molecule has 4 aromatic rings. The fourth-order valence-electron chi connectivity index (χ4n) is 5.72. The Balaban J connectivity index is 0.00000620. The molecule has 0 atom stereocenters. The van der Waals surface area contributed by atoms with Gasteiger partial charge in [-0.05, 0) is 70.8 Å². The Morgan fingerprint density at radius 3 is 0.667 bits per heavy atom. The summed E-state index contributed by atoms with van der Waals surface area (Å²) in [6.45, 7) is 0. The third-order valence-corrected chi connectivity index (χ3v) is 8.49. The van der Waals surface area contributed by atoms with Crippen LogP contribution in [0.4, 0.5) is 87.8 Å². The zero-order valence-corrected chi connectivity index (χ0v) is 41.7. The molecule has 4 rings (SSSR count). The van der Waals surface area contributed by atoms with Gasteiger partial charge < -0.3 is 19.7 Å². The summed E-state index contributed by atoms with van der Waals surface area (Å²) in [5.74, 6) is -20.3. The maximum atomic E-state index is 14.6. The largest absolute Gasteiger partial charge is 0.508 e. The third-order valence-electron chi connectivity index (χ3n) is 8.49. The van der Waals surface area contributed by atoms with Crippen molar-refractivity contribution < 1.29 is 107 Å². The first kappa shape index (κ1) is 48.8.